The Morgan fingerprint density at radius 3 is 2.70 bits per heavy atom. The van der Waals surface area contributed by atoms with Gasteiger partial charge in [0.05, 0.1) is 16.1 Å². The number of hydrogen-bond donors (Lipinski definition) is 1. The molecule has 0 atom stereocenters. The van der Waals surface area contributed by atoms with E-state index >= 15 is 0 Å². The van der Waals surface area contributed by atoms with Crippen LogP contribution in [-0.4, -0.2) is 10.8 Å². The maximum absolute atomic E-state index is 13.8. The number of aromatic nitrogens is 1. The summed E-state index contributed by atoms with van der Waals surface area (Å²) in [6, 6.07) is 9.12. The monoisotopic (exact) mass is 307 g/mol. The third-order valence-electron chi connectivity index (χ3n) is 3.08. The van der Waals surface area contributed by atoms with Crippen molar-refractivity contribution in [2.45, 2.75) is 0 Å². The first-order valence-electron chi connectivity index (χ1n) is 5.83. The molecule has 0 bridgehead atoms. The highest BCUT2D eigenvalue weighted by Crippen LogP contribution is 2.28. The standard InChI is InChI=1S/C15H8Cl2FNO/c16-8-4-5-13(18)10(6-8)15(20)11-7-19-14-9(11)2-1-3-12(14)17/h1-7,19H. The number of aromatic amines is 1. The van der Waals surface area contributed by atoms with E-state index in [1.807, 2.05) is 0 Å². The first kappa shape index (κ1) is 13.2. The van der Waals surface area contributed by atoms with Crippen molar-refractivity contribution in [3.8, 4) is 0 Å². The summed E-state index contributed by atoms with van der Waals surface area (Å²) in [6.45, 7) is 0. The van der Waals surface area contributed by atoms with Gasteiger partial charge in [0, 0.05) is 22.2 Å². The second-order valence-electron chi connectivity index (χ2n) is 4.32. The molecule has 2 aromatic carbocycles. The van der Waals surface area contributed by atoms with Crippen LogP contribution in [0.2, 0.25) is 10.0 Å². The molecule has 0 aliphatic carbocycles. The molecule has 1 N–H and O–H groups in total. The van der Waals surface area contributed by atoms with Crippen molar-refractivity contribution in [1.29, 1.82) is 0 Å². The smallest absolute Gasteiger partial charge is 0.198 e. The van der Waals surface area contributed by atoms with Gasteiger partial charge in [0.15, 0.2) is 5.78 Å². The van der Waals surface area contributed by atoms with E-state index in [-0.39, 0.29) is 5.56 Å². The van der Waals surface area contributed by atoms with E-state index in [4.69, 9.17) is 23.2 Å². The van der Waals surface area contributed by atoms with Crippen molar-refractivity contribution in [2.24, 2.45) is 0 Å². The third-order valence-corrected chi connectivity index (χ3v) is 3.63. The maximum atomic E-state index is 13.8. The van der Waals surface area contributed by atoms with Crippen LogP contribution in [0.25, 0.3) is 10.9 Å². The Hall–Kier alpha value is -1.84. The Morgan fingerprint density at radius 2 is 1.90 bits per heavy atom. The van der Waals surface area contributed by atoms with Gasteiger partial charge in [0.25, 0.3) is 0 Å². The molecule has 2 nitrogen and oxygen atoms in total. The van der Waals surface area contributed by atoms with E-state index in [9.17, 15) is 9.18 Å². The molecular weight excluding hydrogens is 300 g/mol. The molecule has 3 rings (SSSR count). The number of ketones is 1. The zero-order valence-electron chi connectivity index (χ0n) is 10.1. The fourth-order valence-electron chi connectivity index (χ4n) is 2.12. The molecule has 0 radical (unpaired) electrons. The Kier molecular flexibility index (Phi) is 3.24. The molecule has 0 saturated heterocycles. The highest BCUT2D eigenvalue weighted by Gasteiger charge is 2.18. The van der Waals surface area contributed by atoms with Gasteiger partial charge in [-0.15, -0.1) is 0 Å². The quantitative estimate of drug-likeness (QED) is 0.675. The van der Waals surface area contributed by atoms with Crippen LogP contribution in [0.4, 0.5) is 4.39 Å². The molecule has 1 aromatic heterocycles. The summed E-state index contributed by atoms with van der Waals surface area (Å²) < 4.78 is 13.8. The number of para-hydroxylation sites is 1. The van der Waals surface area contributed by atoms with E-state index in [1.165, 1.54) is 24.4 Å². The number of H-pyrrole nitrogens is 1. The predicted molar refractivity (Wildman–Crippen MR) is 78.2 cm³/mol. The summed E-state index contributed by atoms with van der Waals surface area (Å²) in [5, 5.41) is 1.47. The van der Waals surface area contributed by atoms with E-state index in [0.29, 0.717) is 26.5 Å². The summed E-state index contributed by atoms with van der Waals surface area (Å²) in [4.78, 5) is 15.4. The second-order valence-corrected chi connectivity index (χ2v) is 5.16. The van der Waals surface area contributed by atoms with E-state index in [0.717, 1.165) is 0 Å². The van der Waals surface area contributed by atoms with Crippen LogP contribution in [0.1, 0.15) is 15.9 Å². The molecule has 0 saturated carbocycles. The lowest BCUT2D eigenvalue weighted by Crippen LogP contribution is -2.03. The Labute approximate surface area is 124 Å². The van der Waals surface area contributed by atoms with Crippen LogP contribution >= 0.6 is 23.2 Å². The summed E-state index contributed by atoms with van der Waals surface area (Å²) in [6.07, 6.45) is 1.53. The Bertz CT molecular complexity index is 826. The van der Waals surface area contributed by atoms with E-state index in [2.05, 4.69) is 4.98 Å². The number of carbonyl (C=O) groups excluding carboxylic acids is 1. The Morgan fingerprint density at radius 1 is 1.10 bits per heavy atom. The van der Waals surface area contributed by atoms with E-state index < -0.39 is 11.6 Å². The lowest BCUT2D eigenvalue weighted by atomic mass is 10.0. The zero-order valence-corrected chi connectivity index (χ0v) is 11.6. The minimum Gasteiger partial charge on any atom is -0.359 e. The van der Waals surface area contributed by atoms with Crippen molar-refractivity contribution < 1.29 is 9.18 Å². The van der Waals surface area contributed by atoms with Crippen LogP contribution in [-0.2, 0) is 0 Å². The molecule has 100 valence electrons. The molecule has 3 aromatic rings. The van der Waals surface area contributed by atoms with Crippen molar-refractivity contribution >= 4 is 39.9 Å². The fraction of sp³-hybridized carbons (Fsp3) is 0. The van der Waals surface area contributed by atoms with Gasteiger partial charge in [0.1, 0.15) is 5.82 Å². The highest BCUT2D eigenvalue weighted by molar-refractivity contribution is 6.36. The lowest BCUT2D eigenvalue weighted by Gasteiger charge is -2.02. The molecule has 0 fully saturated rings. The van der Waals surface area contributed by atoms with Gasteiger partial charge >= 0.3 is 0 Å². The number of carbonyl (C=O) groups is 1. The molecule has 0 aliphatic rings. The van der Waals surface area contributed by atoms with Gasteiger partial charge in [-0.25, -0.2) is 4.39 Å². The topological polar surface area (TPSA) is 32.9 Å². The number of fused-ring (bicyclic) bond motifs is 1. The summed E-state index contributed by atoms with van der Waals surface area (Å²) in [5.74, 6) is -1.03. The molecule has 0 spiro atoms. The molecule has 0 unspecified atom stereocenters. The van der Waals surface area contributed by atoms with E-state index in [1.54, 1.807) is 18.2 Å². The third kappa shape index (κ3) is 2.09. The molecule has 0 amide bonds. The fourth-order valence-corrected chi connectivity index (χ4v) is 2.52. The molecule has 1 heterocycles. The van der Waals surface area contributed by atoms with Crippen LogP contribution in [0.3, 0.4) is 0 Å². The van der Waals surface area contributed by atoms with Crippen molar-refractivity contribution in [2.75, 3.05) is 0 Å². The second kappa shape index (κ2) is 4.93. The molecule has 0 aliphatic heterocycles. The van der Waals surface area contributed by atoms with Gasteiger partial charge < -0.3 is 4.98 Å². The number of benzene rings is 2. The first-order valence-corrected chi connectivity index (χ1v) is 6.59. The van der Waals surface area contributed by atoms with Gasteiger partial charge in [-0.2, -0.15) is 0 Å². The number of nitrogens with one attached hydrogen (secondary N) is 1. The van der Waals surface area contributed by atoms with Crippen LogP contribution in [0.15, 0.2) is 42.6 Å². The minimum atomic E-state index is -0.601. The van der Waals surface area contributed by atoms with Gasteiger partial charge in [0.2, 0.25) is 0 Å². The first-order chi connectivity index (χ1) is 9.58. The lowest BCUT2D eigenvalue weighted by molar-refractivity contribution is 0.103. The predicted octanol–water partition coefficient (Wildman–Crippen LogP) is 4.84. The van der Waals surface area contributed by atoms with Crippen molar-refractivity contribution in [3.05, 3.63) is 69.6 Å². The zero-order chi connectivity index (χ0) is 14.3. The molecule has 20 heavy (non-hydrogen) atoms. The minimum absolute atomic E-state index is 0.0571. The number of rotatable bonds is 2. The van der Waals surface area contributed by atoms with Crippen LogP contribution in [0, 0.1) is 5.82 Å². The average molecular weight is 308 g/mol. The highest BCUT2D eigenvalue weighted by atomic mass is 35.5. The number of hydrogen-bond acceptors (Lipinski definition) is 1. The van der Waals surface area contributed by atoms with Crippen molar-refractivity contribution in [3.63, 3.8) is 0 Å². The van der Waals surface area contributed by atoms with Gasteiger partial charge in [-0.1, -0.05) is 35.3 Å². The SMILES string of the molecule is O=C(c1cc(Cl)ccc1F)c1c[nH]c2c(Cl)cccc12. The maximum Gasteiger partial charge on any atom is 0.198 e. The van der Waals surface area contributed by atoms with Crippen molar-refractivity contribution in [1.82, 2.24) is 4.98 Å². The van der Waals surface area contributed by atoms with Crippen LogP contribution < -0.4 is 0 Å². The summed E-state index contributed by atoms with van der Waals surface area (Å²) in [7, 11) is 0. The normalized spacial score (nSPS) is 10.9. The summed E-state index contributed by atoms with van der Waals surface area (Å²) in [5.41, 5.74) is 0.960. The summed E-state index contributed by atoms with van der Waals surface area (Å²) >= 11 is 11.9. The largest absolute Gasteiger partial charge is 0.359 e. The molecule has 5 heteroatoms. The Balaban J connectivity index is 2.18. The van der Waals surface area contributed by atoms with Gasteiger partial charge in [-0.3, -0.25) is 4.79 Å². The van der Waals surface area contributed by atoms with Gasteiger partial charge in [-0.05, 0) is 24.3 Å². The van der Waals surface area contributed by atoms with Crippen LogP contribution in [0.5, 0.6) is 0 Å². The average Bonchev–Trinajstić information content (AvgIpc) is 2.86. The number of halogens is 3. The molecular formula is C15H8Cl2FNO.